The van der Waals surface area contributed by atoms with E-state index in [0.29, 0.717) is 35.6 Å². The number of amides is 1. The van der Waals surface area contributed by atoms with Gasteiger partial charge in [0.2, 0.25) is 0 Å². The molecule has 1 N–H and O–H groups in total. The van der Waals surface area contributed by atoms with Crippen molar-refractivity contribution in [2.45, 2.75) is 12.5 Å². The smallest absolute Gasteiger partial charge is 0.258 e. The summed E-state index contributed by atoms with van der Waals surface area (Å²) in [4.78, 5) is 20.0. The Labute approximate surface area is 161 Å². The summed E-state index contributed by atoms with van der Waals surface area (Å²) in [5.41, 5.74) is 2.05. The van der Waals surface area contributed by atoms with Crippen LogP contribution in [-0.4, -0.2) is 35.1 Å². The molecule has 0 bridgehead atoms. The van der Waals surface area contributed by atoms with Crippen molar-refractivity contribution in [1.29, 1.82) is 0 Å². The number of fused-ring (bicyclic) bond motifs is 1. The minimum Gasteiger partial charge on any atom is -0.487 e. The molecule has 28 heavy (non-hydrogen) atoms. The molecule has 1 aliphatic heterocycles. The van der Waals surface area contributed by atoms with Crippen LogP contribution in [0, 0.1) is 5.82 Å². The van der Waals surface area contributed by atoms with Gasteiger partial charge in [-0.3, -0.25) is 4.79 Å². The normalized spacial score (nSPS) is 14.8. The Balaban J connectivity index is 1.37. The van der Waals surface area contributed by atoms with Crippen LogP contribution in [0.1, 0.15) is 5.56 Å². The molecule has 1 unspecified atom stereocenters. The molecule has 3 aromatic rings. The number of nitrogens with one attached hydrogen (secondary N) is 1. The molecule has 1 aromatic heterocycles. The van der Waals surface area contributed by atoms with E-state index in [9.17, 15) is 9.18 Å². The number of rotatable bonds is 6. The SMILES string of the molecule is O=C(COc1ccccc1)NCC1Cc2cc(F)cc(-c3cncnc3)c2O1. The second-order valence-electron chi connectivity index (χ2n) is 6.42. The molecule has 0 spiro atoms. The summed E-state index contributed by atoms with van der Waals surface area (Å²) in [5.74, 6) is 0.650. The largest absolute Gasteiger partial charge is 0.487 e. The van der Waals surface area contributed by atoms with E-state index in [1.807, 2.05) is 18.2 Å². The van der Waals surface area contributed by atoms with Gasteiger partial charge >= 0.3 is 0 Å². The molecule has 1 atom stereocenters. The molecular formula is C21H18FN3O3. The number of hydrogen-bond acceptors (Lipinski definition) is 5. The minimum atomic E-state index is -0.345. The molecule has 7 heteroatoms. The second kappa shape index (κ2) is 8.04. The molecule has 0 radical (unpaired) electrons. The lowest BCUT2D eigenvalue weighted by molar-refractivity contribution is -0.123. The van der Waals surface area contributed by atoms with Crippen LogP contribution in [0.25, 0.3) is 11.1 Å². The Bertz CT molecular complexity index is 967. The zero-order valence-corrected chi connectivity index (χ0v) is 15.0. The van der Waals surface area contributed by atoms with Crippen molar-refractivity contribution in [3.63, 3.8) is 0 Å². The van der Waals surface area contributed by atoms with E-state index in [0.717, 1.165) is 5.56 Å². The third-order valence-corrected chi connectivity index (χ3v) is 4.37. The van der Waals surface area contributed by atoms with Gasteiger partial charge in [0.15, 0.2) is 6.61 Å². The van der Waals surface area contributed by atoms with E-state index in [1.54, 1.807) is 24.5 Å². The Kier molecular flexibility index (Phi) is 5.14. The van der Waals surface area contributed by atoms with Crippen LogP contribution >= 0.6 is 0 Å². The highest BCUT2D eigenvalue weighted by Crippen LogP contribution is 2.39. The maximum Gasteiger partial charge on any atom is 0.258 e. The fourth-order valence-corrected chi connectivity index (χ4v) is 3.11. The van der Waals surface area contributed by atoms with Crippen LogP contribution in [-0.2, 0) is 11.2 Å². The molecule has 2 aromatic carbocycles. The maximum absolute atomic E-state index is 14.0. The molecule has 142 valence electrons. The summed E-state index contributed by atoms with van der Waals surface area (Å²) >= 11 is 0. The standard InChI is InChI=1S/C21H18FN3O3/c22-16-6-14-7-18(11-25-20(26)12-27-17-4-2-1-3-5-17)28-21(14)19(8-16)15-9-23-13-24-10-15/h1-6,8-10,13,18H,7,11-12H2,(H,25,26). The van der Waals surface area contributed by atoms with Gasteiger partial charge in [0, 0.05) is 35.5 Å². The van der Waals surface area contributed by atoms with Crippen LogP contribution < -0.4 is 14.8 Å². The molecule has 2 heterocycles. The summed E-state index contributed by atoms with van der Waals surface area (Å²) < 4.78 is 25.4. The molecule has 0 saturated carbocycles. The van der Waals surface area contributed by atoms with E-state index in [2.05, 4.69) is 15.3 Å². The fourth-order valence-electron chi connectivity index (χ4n) is 3.11. The molecule has 0 fully saturated rings. The van der Waals surface area contributed by atoms with Gasteiger partial charge < -0.3 is 14.8 Å². The molecule has 4 rings (SSSR count). The van der Waals surface area contributed by atoms with E-state index < -0.39 is 0 Å². The number of hydrogen-bond donors (Lipinski definition) is 1. The topological polar surface area (TPSA) is 73.3 Å². The van der Waals surface area contributed by atoms with Crippen LogP contribution in [0.5, 0.6) is 11.5 Å². The summed E-state index contributed by atoms with van der Waals surface area (Å²) in [6.45, 7) is 0.225. The number of para-hydroxylation sites is 1. The Morgan fingerprint density at radius 2 is 2.00 bits per heavy atom. The summed E-state index contributed by atoms with van der Waals surface area (Å²) in [5, 5.41) is 2.80. The predicted octanol–water partition coefficient (Wildman–Crippen LogP) is 2.78. The number of carbonyl (C=O) groups excluding carboxylic acids is 1. The molecule has 6 nitrogen and oxygen atoms in total. The first-order valence-corrected chi connectivity index (χ1v) is 8.88. The number of aromatic nitrogens is 2. The zero-order chi connectivity index (χ0) is 19.3. The van der Waals surface area contributed by atoms with Gasteiger partial charge in [-0.15, -0.1) is 0 Å². The summed E-state index contributed by atoms with van der Waals surface area (Å²) in [6, 6.07) is 12.0. The van der Waals surface area contributed by atoms with E-state index in [1.165, 1.54) is 18.5 Å². The summed E-state index contributed by atoms with van der Waals surface area (Å²) in [7, 11) is 0. The quantitative estimate of drug-likeness (QED) is 0.713. The van der Waals surface area contributed by atoms with Crippen LogP contribution in [0.4, 0.5) is 4.39 Å². The lowest BCUT2D eigenvalue weighted by Gasteiger charge is -2.14. The van der Waals surface area contributed by atoms with Crippen molar-refractivity contribution in [2.75, 3.05) is 13.2 Å². The van der Waals surface area contributed by atoms with Gasteiger partial charge in [0.25, 0.3) is 5.91 Å². The second-order valence-corrected chi connectivity index (χ2v) is 6.42. The molecule has 1 amide bonds. The zero-order valence-electron chi connectivity index (χ0n) is 15.0. The number of ether oxygens (including phenoxy) is 2. The average Bonchev–Trinajstić information content (AvgIpc) is 3.14. The predicted molar refractivity (Wildman–Crippen MR) is 100 cm³/mol. The first kappa shape index (κ1) is 17.9. The van der Waals surface area contributed by atoms with Gasteiger partial charge in [-0.1, -0.05) is 18.2 Å². The van der Waals surface area contributed by atoms with Gasteiger partial charge in [-0.05, 0) is 24.3 Å². The number of benzene rings is 2. The van der Waals surface area contributed by atoms with Crippen molar-refractivity contribution in [1.82, 2.24) is 15.3 Å². The van der Waals surface area contributed by atoms with Gasteiger partial charge in [-0.25, -0.2) is 14.4 Å². The Morgan fingerprint density at radius 3 is 2.79 bits per heavy atom. The third-order valence-electron chi connectivity index (χ3n) is 4.37. The highest BCUT2D eigenvalue weighted by Gasteiger charge is 2.27. The molecule has 0 saturated heterocycles. The van der Waals surface area contributed by atoms with Crippen LogP contribution in [0.2, 0.25) is 0 Å². The van der Waals surface area contributed by atoms with E-state index in [-0.39, 0.29) is 24.4 Å². The maximum atomic E-state index is 14.0. The highest BCUT2D eigenvalue weighted by molar-refractivity contribution is 5.77. The number of nitrogens with zero attached hydrogens (tertiary/aromatic N) is 2. The highest BCUT2D eigenvalue weighted by atomic mass is 19.1. The third kappa shape index (κ3) is 4.09. The van der Waals surface area contributed by atoms with Crippen LogP contribution in [0.15, 0.2) is 61.2 Å². The van der Waals surface area contributed by atoms with Gasteiger partial charge in [0.05, 0.1) is 6.54 Å². The molecule has 1 aliphatic rings. The first-order valence-electron chi connectivity index (χ1n) is 8.88. The fraction of sp³-hybridized carbons (Fsp3) is 0.190. The number of carbonyl (C=O) groups is 1. The summed E-state index contributed by atoms with van der Waals surface area (Å²) in [6.07, 6.45) is 4.87. The number of halogens is 1. The van der Waals surface area contributed by atoms with Crippen molar-refractivity contribution in [3.05, 3.63) is 72.6 Å². The average molecular weight is 379 g/mol. The van der Waals surface area contributed by atoms with Crippen molar-refractivity contribution in [3.8, 4) is 22.6 Å². The first-order chi connectivity index (χ1) is 13.7. The van der Waals surface area contributed by atoms with Gasteiger partial charge in [0.1, 0.15) is 29.7 Å². The Morgan fingerprint density at radius 1 is 1.21 bits per heavy atom. The lowest BCUT2D eigenvalue weighted by Crippen LogP contribution is -2.37. The molecular weight excluding hydrogens is 361 g/mol. The monoisotopic (exact) mass is 379 g/mol. The van der Waals surface area contributed by atoms with Crippen LogP contribution in [0.3, 0.4) is 0 Å². The Hall–Kier alpha value is -3.48. The van der Waals surface area contributed by atoms with Crippen molar-refractivity contribution in [2.24, 2.45) is 0 Å². The molecule has 0 aliphatic carbocycles. The lowest BCUT2D eigenvalue weighted by atomic mass is 10.0. The van der Waals surface area contributed by atoms with E-state index in [4.69, 9.17) is 9.47 Å². The van der Waals surface area contributed by atoms with Crippen molar-refractivity contribution < 1.29 is 18.7 Å². The van der Waals surface area contributed by atoms with Gasteiger partial charge in [-0.2, -0.15) is 0 Å². The van der Waals surface area contributed by atoms with Crippen molar-refractivity contribution >= 4 is 5.91 Å². The minimum absolute atomic E-state index is 0.0785. The van der Waals surface area contributed by atoms with E-state index >= 15 is 0 Å².